The fourth-order valence-corrected chi connectivity index (χ4v) is 5.57. The molecule has 1 atom stereocenters. The van der Waals surface area contributed by atoms with Crippen LogP contribution in [-0.2, 0) is 14.6 Å². The van der Waals surface area contributed by atoms with E-state index >= 15 is 0 Å². The van der Waals surface area contributed by atoms with Gasteiger partial charge < -0.3 is 14.8 Å². The molecule has 3 rings (SSSR count). The molecule has 0 aliphatic carbocycles. The zero-order valence-corrected chi connectivity index (χ0v) is 16.1. The van der Waals surface area contributed by atoms with Gasteiger partial charge in [-0.15, -0.1) is 11.3 Å². The van der Waals surface area contributed by atoms with Crippen LogP contribution >= 0.6 is 11.3 Å². The highest BCUT2D eigenvalue weighted by Crippen LogP contribution is 2.38. The molecule has 140 valence electrons. The Labute approximate surface area is 157 Å². The van der Waals surface area contributed by atoms with E-state index in [-0.39, 0.29) is 23.5 Å². The fourth-order valence-electron chi connectivity index (χ4n) is 2.72. The molecule has 1 amide bonds. The normalized spacial score (nSPS) is 14.2. The Morgan fingerprint density at radius 2 is 2.08 bits per heavy atom. The third-order valence-electron chi connectivity index (χ3n) is 4.16. The average Bonchev–Trinajstić information content (AvgIpc) is 3.31. The SMILES string of the molecule is CCCCC(=O)NC[C@H](c1ccc2c(c1)OCO2)S(=O)(=O)c1cccs1. The Balaban J connectivity index is 1.88. The third kappa shape index (κ3) is 4.02. The van der Waals surface area contributed by atoms with Crippen LogP contribution in [0.4, 0.5) is 0 Å². The Kier molecular flexibility index (Phi) is 5.83. The summed E-state index contributed by atoms with van der Waals surface area (Å²) in [5.74, 6) is 0.971. The van der Waals surface area contributed by atoms with Gasteiger partial charge in [0, 0.05) is 13.0 Å². The number of carbonyl (C=O) groups is 1. The first-order chi connectivity index (χ1) is 12.5. The predicted molar refractivity (Wildman–Crippen MR) is 99.3 cm³/mol. The van der Waals surface area contributed by atoms with Crippen molar-refractivity contribution in [3.63, 3.8) is 0 Å². The highest BCUT2D eigenvalue weighted by molar-refractivity contribution is 7.93. The van der Waals surface area contributed by atoms with Crippen LogP contribution in [0.2, 0.25) is 0 Å². The van der Waals surface area contributed by atoms with Crippen LogP contribution in [0.1, 0.15) is 37.0 Å². The van der Waals surface area contributed by atoms with Gasteiger partial charge in [0.25, 0.3) is 0 Å². The molecule has 2 aromatic rings. The topological polar surface area (TPSA) is 81.7 Å². The molecule has 1 N–H and O–H groups in total. The quantitative estimate of drug-likeness (QED) is 0.742. The smallest absolute Gasteiger partial charge is 0.231 e. The maximum Gasteiger partial charge on any atom is 0.231 e. The molecule has 26 heavy (non-hydrogen) atoms. The van der Waals surface area contributed by atoms with Crippen LogP contribution in [0.5, 0.6) is 11.5 Å². The summed E-state index contributed by atoms with van der Waals surface area (Å²) in [5, 5.41) is 3.60. The van der Waals surface area contributed by atoms with Gasteiger partial charge in [-0.1, -0.05) is 25.5 Å². The van der Waals surface area contributed by atoms with Gasteiger partial charge in [0.15, 0.2) is 21.3 Å². The minimum atomic E-state index is -3.64. The lowest BCUT2D eigenvalue weighted by atomic mass is 10.1. The molecule has 2 heterocycles. The van der Waals surface area contributed by atoms with E-state index in [1.54, 1.807) is 35.7 Å². The number of amides is 1. The lowest BCUT2D eigenvalue weighted by Crippen LogP contribution is -2.31. The van der Waals surface area contributed by atoms with Crippen LogP contribution in [0.25, 0.3) is 0 Å². The van der Waals surface area contributed by atoms with Crippen LogP contribution in [0, 0.1) is 0 Å². The lowest BCUT2D eigenvalue weighted by Gasteiger charge is -2.18. The molecule has 0 bridgehead atoms. The first kappa shape index (κ1) is 18.7. The molecule has 1 aromatic heterocycles. The van der Waals surface area contributed by atoms with Gasteiger partial charge in [0.2, 0.25) is 12.7 Å². The molecule has 0 saturated carbocycles. The number of unbranched alkanes of at least 4 members (excludes halogenated alkanes) is 1. The van der Waals surface area contributed by atoms with Gasteiger partial charge in [-0.2, -0.15) is 0 Å². The molecule has 1 aliphatic heterocycles. The molecule has 0 saturated heterocycles. The van der Waals surface area contributed by atoms with E-state index in [0.717, 1.165) is 12.8 Å². The maximum atomic E-state index is 13.1. The van der Waals surface area contributed by atoms with Crippen LogP contribution in [-0.4, -0.2) is 27.7 Å². The number of sulfone groups is 1. The van der Waals surface area contributed by atoms with E-state index in [1.165, 1.54) is 11.3 Å². The van der Waals surface area contributed by atoms with Crippen LogP contribution in [0.15, 0.2) is 39.9 Å². The van der Waals surface area contributed by atoms with E-state index in [9.17, 15) is 13.2 Å². The van der Waals surface area contributed by atoms with E-state index in [4.69, 9.17) is 9.47 Å². The molecule has 6 nitrogen and oxygen atoms in total. The lowest BCUT2D eigenvalue weighted by molar-refractivity contribution is -0.121. The van der Waals surface area contributed by atoms with Crippen molar-refractivity contribution in [1.29, 1.82) is 0 Å². The van der Waals surface area contributed by atoms with Crippen molar-refractivity contribution in [1.82, 2.24) is 5.32 Å². The fraction of sp³-hybridized carbons (Fsp3) is 0.389. The highest BCUT2D eigenvalue weighted by atomic mass is 32.2. The van der Waals surface area contributed by atoms with Gasteiger partial charge in [-0.25, -0.2) is 8.42 Å². The Hall–Kier alpha value is -2.06. The molecule has 0 unspecified atom stereocenters. The van der Waals surface area contributed by atoms with Crippen molar-refractivity contribution in [2.75, 3.05) is 13.3 Å². The van der Waals surface area contributed by atoms with Gasteiger partial charge in [0.05, 0.1) is 0 Å². The first-order valence-corrected chi connectivity index (χ1v) is 10.9. The Morgan fingerprint density at radius 3 is 2.81 bits per heavy atom. The second-order valence-corrected chi connectivity index (χ2v) is 9.29. The van der Waals surface area contributed by atoms with E-state index in [2.05, 4.69) is 5.32 Å². The molecular weight excluding hydrogens is 374 g/mol. The summed E-state index contributed by atoms with van der Waals surface area (Å²) in [4.78, 5) is 12.0. The Bertz CT molecular complexity index is 862. The molecule has 0 radical (unpaired) electrons. The highest BCUT2D eigenvalue weighted by Gasteiger charge is 2.31. The minimum absolute atomic E-state index is 0.0163. The number of ether oxygens (including phenoxy) is 2. The summed E-state index contributed by atoms with van der Waals surface area (Å²) < 4.78 is 37.2. The molecule has 1 aliphatic rings. The van der Waals surface area contributed by atoms with Gasteiger partial charge in [0.1, 0.15) is 9.46 Å². The number of thiophene rings is 1. The monoisotopic (exact) mass is 395 g/mol. The standard InChI is InChI=1S/C18H21NO5S2/c1-2-3-5-17(20)19-11-16(26(21,22)18-6-4-9-25-18)13-7-8-14-15(10-13)24-12-23-14/h4,6-10,16H,2-3,5,11-12H2,1H3,(H,19,20)/t16-/m1/s1. The number of rotatable bonds is 8. The number of fused-ring (bicyclic) bond motifs is 1. The molecule has 0 spiro atoms. The Morgan fingerprint density at radius 1 is 1.27 bits per heavy atom. The second kappa shape index (κ2) is 8.09. The van der Waals surface area contributed by atoms with Crippen molar-refractivity contribution in [3.8, 4) is 11.5 Å². The van der Waals surface area contributed by atoms with Crippen molar-refractivity contribution < 1.29 is 22.7 Å². The van der Waals surface area contributed by atoms with Crippen molar-refractivity contribution in [2.45, 2.75) is 35.6 Å². The van der Waals surface area contributed by atoms with E-state index in [1.807, 2.05) is 6.92 Å². The van der Waals surface area contributed by atoms with Gasteiger partial charge in [-0.3, -0.25) is 4.79 Å². The molecule has 0 fully saturated rings. The van der Waals surface area contributed by atoms with Crippen molar-refractivity contribution in [3.05, 3.63) is 41.3 Å². The predicted octanol–water partition coefficient (Wildman–Crippen LogP) is 3.30. The molecule has 8 heteroatoms. The summed E-state index contributed by atoms with van der Waals surface area (Å²) in [5.41, 5.74) is 0.568. The maximum absolute atomic E-state index is 13.1. The zero-order chi connectivity index (χ0) is 18.6. The van der Waals surface area contributed by atoms with Gasteiger partial charge >= 0.3 is 0 Å². The summed E-state index contributed by atoms with van der Waals surface area (Å²) in [6.45, 7) is 2.14. The summed E-state index contributed by atoms with van der Waals surface area (Å²) >= 11 is 1.17. The first-order valence-electron chi connectivity index (χ1n) is 8.46. The zero-order valence-electron chi connectivity index (χ0n) is 14.4. The number of benzene rings is 1. The summed E-state index contributed by atoms with van der Waals surface area (Å²) in [6, 6.07) is 8.37. The summed E-state index contributed by atoms with van der Waals surface area (Å²) in [6.07, 6.45) is 2.08. The molecular formula is C18H21NO5S2. The third-order valence-corrected chi connectivity index (χ3v) is 7.69. The second-order valence-electron chi connectivity index (χ2n) is 5.99. The van der Waals surface area contributed by atoms with Crippen molar-refractivity contribution in [2.24, 2.45) is 0 Å². The van der Waals surface area contributed by atoms with E-state index in [0.29, 0.717) is 23.5 Å². The van der Waals surface area contributed by atoms with E-state index < -0.39 is 15.1 Å². The van der Waals surface area contributed by atoms with Gasteiger partial charge in [-0.05, 0) is 35.6 Å². The average molecular weight is 396 g/mol. The summed E-state index contributed by atoms with van der Waals surface area (Å²) in [7, 11) is -3.64. The number of nitrogens with one attached hydrogen (secondary N) is 1. The van der Waals surface area contributed by atoms with Crippen LogP contribution < -0.4 is 14.8 Å². The van der Waals surface area contributed by atoms with Crippen molar-refractivity contribution >= 4 is 27.1 Å². The largest absolute Gasteiger partial charge is 0.454 e. The number of hydrogen-bond donors (Lipinski definition) is 1. The minimum Gasteiger partial charge on any atom is -0.454 e. The number of hydrogen-bond acceptors (Lipinski definition) is 6. The molecule has 1 aromatic carbocycles. The number of carbonyl (C=O) groups excluding carboxylic acids is 1. The van der Waals surface area contributed by atoms with Crippen LogP contribution in [0.3, 0.4) is 0 Å².